The van der Waals surface area contributed by atoms with Gasteiger partial charge >= 0.3 is 6.09 Å². The largest absolute Gasteiger partial charge is 0.485 e. The molecule has 1 saturated heterocycles. The molecule has 0 aromatic carbocycles. The molecule has 22 heavy (non-hydrogen) atoms. The second-order valence-corrected chi connectivity index (χ2v) is 5.92. The Morgan fingerprint density at radius 1 is 1.27 bits per heavy atom. The van der Waals surface area contributed by atoms with E-state index in [0.717, 1.165) is 6.42 Å². The van der Waals surface area contributed by atoms with Crippen LogP contribution in [0.4, 0.5) is 4.79 Å². The van der Waals surface area contributed by atoms with E-state index in [0.29, 0.717) is 24.7 Å². The lowest BCUT2D eigenvalue weighted by Gasteiger charge is -2.24. The van der Waals surface area contributed by atoms with Crippen LogP contribution in [0.25, 0.3) is 0 Å². The van der Waals surface area contributed by atoms with E-state index in [2.05, 4.69) is 9.97 Å². The molecule has 0 bridgehead atoms. The van der Waals surface area contributed by atoms with Crippen LogP contribution in [-0.4, -0.2) is 45.8 Å². The molecule has 1 atom stereocenters. The third-order valence-corrected chi connectivity index (χ3v) is 2.86. The highest BCUT2D eigenvalue weighted by molar-refractivity contribution is 5.68. The first-order chi connectivity index (χ1) is 10.3. The standard InChI is InChI=1S/C14H21N3O3.C2H6/c1-10-15-7-12(8-16-10)19-11-5-6-17(9-11)13(18)20-14(2,3)4;1-2/h7-8,11H,5-6,9H2,1-4H3;1-2H3. The van der Waals surface area contributed by atoms with Crippen molar-refractivity contribution >= 4 is 6.09 Å². The summed E-state index contributed by atoms with van der Waals surface area (Å²) in [5.41, 5.74) is -0.471. The first-order valence-electron chi connectivity index (χ1n) is 7.77. The molecule has 1 fully saturated rings. The van der Waals surface area contributed by atoms with E-state index < -0.39 is 5.60 Å². The molecule has 1 aromatic heterocycles. The fraction of sp³-hybridized carbons (Fsp3) is 0.688. The van der Waals surface area contributed by atoms with Gasteiger partial charge in [0.05, 0.1) is 18.9 Å². The minimum absolute atomic E-state index is 0.0335. The van der Waals surface area contributed by atoms with Gasteiger partial charge in [0.15, 0.2) is 5.75 Å². The Hall–Kier alpha value is -1.85. The van der Waals surface area contributed by atoms with Gasteiger partial charge in [0, 0.05) is 13.0 Å². The molecule has 6 heteroatoms. The summed E-state index contributed by atoms with van der Waals surface area (Å²) < 4.78 is 11.1. The molecule has 1 aromatic rings. The molecule has 124 valence electrons. The Balaban J connectivity index is 0.00000116. The van der Waals surface area contributed by atoms with E-state index >= 15 is 0 Å². The van der Waals surface area contributed by atoms with Crippen LogP contribution in [0, 0.1) is 6.92 Å². The van der Waals surface area contributed by atoms with Gasteiger partial charge in [-0.3, -0.25) is 0 Å². The van der Waals surface area contributed by atoms with Gasteiger partial charge < -0.3 is 14.4 Å². The SMILES string of the molecule is CC.Cc1ncc(OC2CCN(C(=O)OC(C)(C)C)C2)cn1. The number of ether oxygens (including phenoxy) is 2. The van der Waals surface area contributed by atoms with E-state index in [1.807, 2.05) is 41.5 Å². The molecule has 0 saturated carbocycles. The van der Waals surface area contributed by atoms with Crippen molar-refractivity contribution in [1.82, 2.24) is 14.9 Å². The van der Waals surface area contributed by atoms with E-state index in [4.69, 9.17) is 9.47 Å². The van der Waals surface area contributed by atoms with Crippen LogP contribution in [0.5, 0.6) is 5.75 Å². The molecule has 1 aliphatic rings. The Morgan fingerprint density at radius 3 is 2.41 bits per heavy atom. The summed E-state index contributed by atoms with van der Waals surface area (Å²) in [4.78, 5) is 21.8. The van der Waals surface area contributed by atoms with Crippen molar-refractivity contribution < 1.29 is 14.3 Å². The van der Waals surface area contributed by atoms with Gasteiger partial charge in [-0.25, -0.2) is 14.8 Å². The molecule has 1 amide bonds. The number of aromatic nitrogens is 2. The van der Waals surface area contributed by atoms with Crippen molar-refractivity contribution in [2.24, 2.45) is 0 Å². The van der Waals surface area contributed by atoms with Crippen molar-refractivity contribution in [2.75, 3.05) is 13.1 Å². The van der Waals surface area contributed by atoms with Crippen LogP contribution in [0.1, 0.15) is 46.9 Å². The van der Waals surface area contributed by atoms with Gasteiger partial charge in [0.25, 0.3) is 0 Å². The number of nitrogens with zero attached hydrogens (tertiary/aromatic N) is 3. The number of likely N-dealkylation sites (tertiary alicyclic amines) is 1. The topological polar surface area (TPSA) is 64.5 Å². The van der Waals surface area contributed by atoms with Crippen LogP contribution in [0.3, 0.4) is 0 Å². The zero-order valence-corrected chi connectivity index (χ0v) is 14.4. The fourth-order valence-electron chi connectivity index (χ4n) is 1.95. The van der Waals surface area contributed by atoms with Crippen LogP contribution in [-0.2, 0) is 4.74 Å². The number of hydrogen-bond donors (Lipinski definition) is 0. The Labute approximate surface area is 132 Å². The normalized spacial score (nSPS) is 17.5. The highest BCUT2D eigenvalue weighted by atomic mass is 16.6. The van der Waals surface area contributed by atoms with Crippen LogP contribution >= 0.6 is 0 Å². The molecule has 0 N–H and O–H groups in total. The summed E-state index contributed by atoms with van der Waals surface area (Å²) >= 11 is 0. The van der Waals surface area contributed by atoms with Crippen molar-refractivity contribution in [3.63, 3.8) is 0 Å². The van der Waals surface area contributed by atoms with Crippen LogP contribution < -0.4 is 4.74 Å². The Morgan fingerprint density at radius 2 is 1.86 bits per heavy atom. The third kappa shape index (κ3) is 5.87. The van der Waals surface area contributed by atoms with E-state index in [9.17, 15) is 4.79 Å². The lowest BCUT2D eigenvalue weighted by Crippen LogP contribution is -2.36. The number of carbonyl (C=O) groups is 1. The Kier molecular flexibility index (Phi) is 6.59. The molecule has 0 aliphatic carbocycles. The zero-order valence-electron chi connectivity index (χ0n) is 14.4. The van der Waals surface area contributed by atoms with Gasteiger partial charge in [0.1, 0.15) is 17.5 Å². The number of rotatable bonds is 2. The lowest BCUT2D eigenvalue weighted by molar-refractivity contribution is 0.0275. The fourth-order valence-corrected chi connectivity index (χ4v) is 1.95. The summed E-state index contributed by atoms with van der Waals surface area (Å²) in [5.74, 6) is 1.34. The minimum Gasteiger partial charge on any atom is -0.485 e. The highest BCUT2D eigenvalue weighted by Crippen LogP contribution is 2.19. The number of amides is 1. The summed E-state index contributed by atoms with van der Waals surface area (Å²) in [6, 6.07) is 0. The van der Waals surface area contributed by atoms with Gasteiger partial charge in [-0.15, -0.1) is 0 Å². The first-order valence-corrected chi connectivity index (χ1v) is 7.77. The van der Waals surface area contributed by atoms with Crippen LogP contribution in [0.15, 0.2) is 12.4 Å². The second-order valence-electron chi connectivity index (χ2n) is 5.92. The monoisotopic (exact) mass is 309 g/mol. The van der Waals surface area contributed by atoms with Crippen molar-refractivity contribution in [3.05, 3.63) is 18.2 Å². The van der Waals surface area contributed by atoms with E-state index in [1.54, 1.807) is 17.3 Å². The molecular weight excluding hydrogens is 282 g/mol. The first kappa shape index (κ1) is 18.2. The quantitative estimate of drug-likeness (QED) is 0.839. The summed E-state index contributed by atoms with van der Waals surface area (Å²) in [6.45, 7) is 12.6. The van der Waals surface area contributed by atoms with Crippen molar-refractivity contribution in [2.45, 2.75) is 59.7 Å². The van der Waals surface area contributed by atoms with Gasteiger partial charge in [-0.05, 0) is 27.7 Å². The molecule has 0 spiro atoms. The second kappa shape index (κ2) is 7.96. The molecule has 2 heterocycles. The maximum Gasteiger partial charge on any atom is 0.410 e. The summed E-state index contributed by atoms with van der Waals surface area (Å²) in [6.07, 6.45) is 3.77. The van der Waals surface area contributed by atoms with Gasteiger partial charge in [0.2, 0.25) is 0 Å². The maximum absolute atomic E-state index is 11.9. The lowest BCUT2D eigenvalue weighted by atomic mass is 10.2. The predicted molar refractivity (Wildman–Crippen MR) is 85.0 cm³/mol. The number of hydrogen-bond acceptors (Lipinski definition) is 5. The van der Waals surface area contributed by atoms with Crippen molar-refractivity contribution in [1.29, 1.82) is 0 Å². The average molecular weight is 309 g/mol. The third-order valence-electron chi connectivity index (χ3n) is 2.86. The summed E-state index contributed by atoms with van der Waals surface area (Å²) in [7, 11) is 0. The van der Waals surface area contributed by atoms with E-state index in [-0.39, 0.29) is 12.2 Å². The highest BCUT2D eigenvalue weighted by Gasteiger charge is 2.30. The molecule has 0 radical (unpaired) electrons. The summed E-state index contributed by atoms with van der Waals surface area (Å²) in [5, 5.41) is 0. The van der Waals surface area contributed by atoms with Crippen LogP contribution in [0.2, 0.25) is 0 Å². The molecule has 6 nitrogen and oxygen atoms in total. The molecular formula is C16H27N3O3. The maximum atomic E-state index is 11.9. The van der Waals surface area contributed by atoms with Gasteiger partial charge in [-0.2, -0.15) is 0 Å². The number of carbonyl (C=O) groups excluding carboxylic acids is 1. The van der Waals surface area contributed by atoms with E-state index in [1.165, 1.54) is 0 Å². The zero-order chi connectivity index (χ0) is 16.8. The smallest absolute Gasteiger partial charge is 0.410 e. The molecule has 2 rings (SSSR count). The van der Waals surface area contributed by atoms with Gasteiger partial charge in [-0.1, -0.05) is 13.8 Å². The van der Waals surface area contributed by atoms with Crippen molar-refractivity contribution in [3.8, 4) is 5.75 Å². The predicted octanol–water partition coefficient (Wildman–Crippen LogP) is 3.20. The Bertz CT molecular complexity index is 469. The minimum atomic E-state index is -0.471. The number of aryl methyl sites for hydroxylation is 1. The average Bonchev–Trinajstić information content (AvgIpc) is 2.90. The molecule has 1 unspecified atom stereocenters. The molecule has 1 aliphatic heterocycles.